The van der Waals surface area contributed by atoms with Crippen LogP contribution >= 0.6 is 0 Å². The normalized spacial score (nSPS) is 31.6. The summed E-state index contributed by atoms with van der Waals surface area (Å²) in [4.78, 5) is 15.5. The lowest BCUT2D eigenvalue weighted by atomic mass is 9.51. The van der Waals surface area contributed by atoms with Gasteiger partial charge in [0, 0.05) is 25.4 Å². The van der Waals surface area contributed by atoms with Gasteiger partial charge in [0.1, 0.15) is 11.9 Å². The van der Waals surface area contributed by atoms with Crippen LogP contribution < -0.4 is 0 Å². The molecule has 3 saturated carbocycles. The van der Waals surface area contributed by atoms with Crippen LogP contribution in [0.15, 0.2) is 48.5 Å². The number of aromatic hydroxyl groups is 1. The summed E-state index contributed by atoms with van der Waals surface area (Å²) in [5.41, 5.74) is 3.04. The van der Waals surface area contributed by atoms with Gasteiger partial charge in [0.2, 0.25) is 5.91 Å². The highest BCUT2D eigenvalue weighted by Crippen LogP contribution is 2.63. The number of benzene rings is 2. The van der Waals surface area contributed by atoms with Gasteiger partial charge in [-0.15, -0.1) is 0 Å². The number of alkyl halides is 1. The Morgan fingerprint density at radius 3 is 2.57 bits per heavy atom. The summed E-state index contributed by atoms with van der Waals surface area (Å²) in [7, 11) is 0. The number of aliphatic hydroxyl groups excluding tert-OH is 1. The third-order valence-electron chi connectivity index (χ3n) is 12.3. The largest absolute Gasteiger partial charge is 0.508 e. The fourth-order valence-electron chi connectivity index (χ4n) is 9.98. The highest BCUT2D eigenvalue weighted by atomic mass is 19.1. The lowest BCUT2D eigenvalue weighted by molar-refractivity contribution is -0.132. The first kappa shape index (κ1) is 31.6. The number of unbranched alkanes of at least 4 members (excludes halogenated alkanes) is 2. The van der Waals surface area contributed by atoms with Gasteiger partial charge in [-0.25, -0.2) is 4.39 Å². The quantitative estimate of drug-likeness (QED) is 0.253. The standard InChI is InChI=1S/C39H54FNO3/c1-39-25-34(40)38-32-18-17-31(42)24-30(32)23-29(37(38)33(39)19-20-35(39)43)15-9-4-10-22-41(26-28-13-7-3-8-14-28)36(44)21-16-27-11-5-2-6-12-27/h3,7-8,13-14,17-18,24,27,29,33-35,37-38,42-43H,2,4-6,9-12,15-16,19-23,25-26H2,1H3/t29?,33?,34?,35?,37?,38?,39-/m0/s1. The van der Waals surface area contributed by atoms with Gasteiger partial charge in [0.15, 0.2) is 0 Å². The van der Waals surface area contributed by atoms with Crippen molar-refractivity contribution in [3.63, 3.8) is 0 Å². The Morgan fingerprint density at radius 2 is 1.77 bits per heavy atom. The summed E-state index contributed by atoms with van der Waals surface area (Å²) in [6, 6.07) is 15.9. The summed E-state index contributed by atoms with van der Waals surface area (Å²) in [6.45, 7) is 3.59. The fourth-order valence-corrected chi connectivity index (χ4v) is 9.98. The fraction of sp³-hybridized carbons (Fsp3) is 0.667. The Balaban J connectivity index is 1.09. The van der Waals surface area contributed by atoms with Crippen LogP contribution in [0.3, 0.4) is 0 Å². The summed E-state index contributed by atoms with van der Waals surface area (Å²) >= 11 is 0. The van der Waals surface area contributed by atoms with E-state index in [1.807, 2.05) is 18.2 Å². The predicted molar refractivity (Wildman–Crippen MR) is 174 cm³/mol. The topological polar surface area (TPSA) is 60.8 Å². The minimum atomic E-state index is -0.966. The van der Waals surface area contributed by atoms with Gasteiger partial charge < -0.3 is 15.1 Å². The number of carbonyl (C=O) groups is 1. The molecule has 4 nitrogen and oxygen atoms in total. The van der Waals surface area contributed by atoms with Crippen molar-refractivity contribution >= 4 is 5.91 Å². The second-order valence-corrected chi connectivity index (χ2v) is 15.1. The van der Waals surface area contributed by atoms with Crippen molar-refractivity contribution in [3.8, 4) is 5.75 Å². The van der Waals surface area contributed by atoms with Crippen LogP contribution in [0, 0.1) is 29.1 Å². The number of phenols is 1. The van der Waals surface area contributed by atoms with Crippen molar-refractivity contribution in [2.24, 2.45) is 29.1 Å². The summed E-state index contributed by atoms with van der Waals surface area (Å²) < 4.78 is 16.1. The molecular weight excluding hydrogens is 549 g/mol. The van der Waals surface area contributed by atoms with Gasteiger partial charge in [0.05, 0.1) is 6.10 Å². The first-order valence-electron chi connectivity index (χ1n) is 17.8. The van der Waals surface area contributed by atoms with Gasteiger partial charge >= 0.3 is 0 Å². The summed E-state index contributed by atoms with van der Waals surface area (Å²) in [5.74, 6) is 2.04. The molecule has 240 valence electrons. The van der Waals surface area contributed by atoms with Gasteiger partial charge in [0.25, 0.3) is 0 Å². The minimum absolute atomic E-state index is 0.143. The molecule has 2 aromatic carbocycles. The molecule has 6 unspecified atom stereocenters. The molecule has 1 amide bonds. The Labute approximate surface area is 264 Å². The molecule has 7 atom stereocenters. The first-order chi connectivity index (χ1) is 21.3. The molecule has 0 radical (unpaired) electrons. The zero-order valence-corrected chi connectivity index (χ0v) is 26.8. The Hall–Kier alpha value is -2.40. The van der Waals surface area contributed by atoms with E-state index >= 15 is 4.39 Å². The molecule has 3 fully saturated rings. The van der Waals surface area contributed by atoms with Gasteiger partial charge in [-0.05, 0) is 103 Å². The third kappa shape index (κ3) is 6.73. The maximum absolute atomic E-state index is 16.1. The highest BCUT2D eigenvalue weighted by Gasteiger charge is 2.59. The number of halogens is 1. The van der Waals surface area contributed by atoms with E-state index in [0.29, 0.717) is 43.0 Å². The van der Waals surface area contributed by atoms with Crippen LogP contribution in [-0.2, 0) is 17.8 Å². The number of hydrogen-bond acceptors (Lipinski definition) is 3. The van der Waals surface area contributed by atoms with Gasteiger partial charge in [-0.1, -0.05) is 88.3 Å². The maximum Gasteiger partial charge on any atom is 0.222 e. The predicted octanol–water partition coefficient (Wildman–Crippen LogP) is 8.73. The third-order valence-corrected chi connectivity index (χ3v) is 12.3. The van der Waals surface area contributed by atoms with E-state index in [0.717, 1.165) is 69.0 Å². The Kier molecular flexibility index (Phi) is 10.00. The van der Waals surface area contributed by atoms with E-state index in [2.05, 4.69) is 36.1 Å². The van der Waals surface area contributed by atoms with Crippen molar-refractivity contribution in [1.29, 1.82) is 0 Å². The lowest BCUT2D eigenvalue weighted by Gasteiger charge is -2.54. The molecule has 0 aromatic heterocycles. The molecule has 4 aliphatic carbocycles. The second-order valence-electron chi connectivity index (χ2n) is 15.1. The highest BCUT2D eigenvalue weighted by molar-refractivity contribution is 5.76. The number of carbonyl (C=O) groups excluding carboxylic acids is 1. The van der Waals surface area contributed by atoms with Crippen molar-refractivity contribution in [3.05, 3.63) is 65.2 Å². The van der Waals surface area contributed by atoms with Gasteiger partial charge in [-0.2, -0.15) is 0 Å². The smallest absolute Gasteiger partial charge is 0.222 e. The van der Waals surface area contributed by atoms with Crippen LogP contribution in [0.1, 0.15) is 119 Å². The zero-order valence-electron chi connectivity index (χ0n) is 26.8. The van der Waals surface area contributed by atoms with Crippen molar-refractivity contribution in [2.45, 2.75) is 128 Å². The van der Waals surface area contributed by atoms with E-state index in [1.54, 1.807) is 6.07 Å². The van der Waals surface area contributed by atoms with Crippen molar-refractivity contribution in [2.75, 3.05) is 6.54 Å². The molecule has 2 aromatic rings. The molecule has 0 aliphatic heterocycles. The number of aliphatic hydroxyl groups is 1. The molecule has 2 N–H and O–H groups in total. The van der Waals surface area contributed by atoms with Gasteiger partial charge in [-0.3, -0.25) is 4.79 Å². The number of rotatable bonds is 11. The zero-order chi connectivity index (χ0) is 30.7. The van der Waals surface area contributed by atoms with Crippen LogP contribution in [0.4, 0.5) is 4.39 Å². The molecule has 0 spiro atoms. The number of amides is 1. The number of hydrogen-bond donors (Lipinski definition) is 2. The monoisotopic (exact) mass is 603 g/mol. The Bertz CT molecular complexity index is 1250. The molecule has 0 saturated heterocycles. The molecule has 5 heteroatoms. The van der Waals surface area contributed by atoms with E-state index in [4.69, 9.17) is 0 Å². The molecule has 4 aliphatic rings. The van der Waals surface area contributed by atoms with E-state index in [-0.39, 0.29) is 23.0 Å². The average Bonchev–Trinajstić information content (AvgIpc) is 3.32. The van der Waals surface area contributed by atoms with Crippen molar-refractivity contribution < 1.29 is 19.4 Å². The number of fused-ring (bicyclic) bond motifs is 5. The molecular formula is C39H54FNO3. The number of phenolic OH excluding ortho intramolecular Hbond substituents is 1. The summed E-state index contributed by atoms with van der Waals surface area (Å²) in [6.07, 6.45) is 14.0. The summed E-state index contributed by atoms with van der Waals surface area (Å²) in [5, 5.41) is 21.2. The Morgan fingerprint density at radius 1 is 0.977 bits per heavy atom. The van der Waals surface area contributed by atoms with Crippen LogP contribution in [0.2, 0.25) is 0 Å². The van der Waals surface area contributed by atoms with E-state index in [9.17, 15) is 15.0 Å². The average molecular weight is 604 g/mol. The van der Waals surface area contributed by atoms with Crippen molar-refractivity contribution in [1.82, 2.24) is 4.90 Å². The van der Waals surface area contributed by atoms with Crippen LogP contribution in [0.25, 0.3) is 0 Å². The van der Waals surface area contributed by atoms with Crippen LogP contribution in [-0.4, -0.2) is 39.8 Å². The second kappa shape index (κ2) is 13.9. The number of nitrogens with zero attached hydrogens (tertiary/aromatic N) is 1. The molecule has 0 heterocycles. The van der Waals surface area contributed by atoms with Crippen LogP contribution in [0.5, 0.6) is 5.75 Å². The van der Waals surface area contributed by atoms with E-state index < -0.39 is 12.3 Å². The lowest BCUT2D eigenvalue weighted by Crippen LogP contribution is -2.51. The molecule has 6 rings (SSSR count). The SMILES string of the molecule is C[C@]12CC(F)C3c4ccc(O)cc4CC(CCCCCN(Cc4ccccc4)C(=O)CCC4CCCCC4)C3C1CCC2O. The first-order valence-corrected chi connectivity index (χ1v) is 17.8. The molecule has 44 heavy (non-hydrogen) atoms. The minimum Gasteiger partial charge on any atom is -0.508 e. The molecule has 0 bridgehead atoms. The van der Waals surface area contributed by atoms with E-state index in [1.165, 1.54) is 37.7 Å². The maximum atomic E-state index is 16.1.